The molecular formula is C15H34NO3Si+. The van der Waals surface area contributed by atoms with Gasteiger partial charge in [-0.05, 0) is 41.5 Å². The van der Waals surface area contributed by atoms with Crippen molar-refractivity contribution in [2.24, 2.45) is 0 Å². The standard InChI is InChI=1S/C15H34NO3Si/c1-13(2)17-20(18-14(3)4,19-15(5)6)12-16(7)10-8-9-11-16/h13-15H,8-12H2,1-7H3/q+1. The van der Waals surface area contributed by atoms with Crippen molar-refractivity contribution in [2.45, 2.75) is 72.7 Å². The van der Waals surface area contributed by atoms with Crippen molar-refractivity contribution in [2.75, 3.05) is 26.3 Å². The zero-order valence-electron chi connectivity index (χ0n) is 14.4. The molecule has 0 aromatic carbocycles. The summed E-state index contributed by atoms with van der Waals surface area (Å²) in [5, 5.41) is 0. The zero-order chi connectivity index (χ0) is 15.4. The van der Waals surface area contributed by atoms with E-state index in [9.17, 15) is 0 Å². The lowest BCUT2D eigenvalue weighted by Crippen LogP contribution is -2.63. The highest BCUT2D eigenvalue weighted by Gasteiger charge is 2.52. The molecule has 0 radical (unpaired) electrons. The summed E-state index contributed by atoms with van der Waals surface area (Å²) in [5.74, 6) is 0. The van der Waals surface area contributed by atoms with Crippen LogP contribution in [-0.4, -0.2) is 57.9 Å². The van der Waals surface area contributed by atoms with Crippen LogP contribution in [0.25, 0.3) is 0 Å². The maximum atomic E-state index is 6.27. The molecule has 1 fully saturated rings. The topological polar surface area (TPSA) is 27.7 Å². The largest absolute Gasteiger partial charge is 0.559 e. The van der Waals surface area contributed by atoms with Gasteiger partial charge in [-0.3, -0.25) is 0 Å². The van der Waals surface area contributed by atoms with Crippen molar-refractivity contribution in [3.63, 3.8) is 0 Å². The molecule has 1 aliphatic rings. The number of hydrogen-bond donors (Lipinski definition) is 0. The highest BCUT2D eigenvalue weighted by molar-refractivity contribution is 6.60. The Bertz CT molecular complexity index is 262. The number of rotatable bonds is 8. The molecule has 0 aromatic heterocycles. The van der Waals surface area contributed by atoms with Crippen LogP contribution >= 0.6 is 0 Å². The lowest BCUT2D eigenvalue weighted by molar-refractivity contribution is -0.890. The Morgan fingerprint density at radius 3 is 1.45 bits per heavy atom. The molecule has 0 atom stereocenters. The maximum absolute atomic E-state index is 6.27. The summed E-state index contributed by atoms with van der Waals surface area (Å²) in [4.78, 5) is 0. The molecule has 0 amide bonds. The van der Waals surface area contributed by atoms with Gasteiger partial charge in [-0.25, -0.2) is 0 Å². The molecule has 1 rings (SSSR count). The fourth-order valence-corrected chi connectivity index (χ4v) is 6.79. The third-order valence-corrected chi connectivity index (χ3v) is 7.11. The third kappa shape index (κ3) is 5.82. The van der Waals surface area contributed by atoms with Crippen LogP contribution in [-0.2, 0) is 13.3 Å². The van der Waals surface area contributed by atoms with Gasteiger partial charge in [0.25, 0.3) is 0 Å². The summed E-state index contributed by atoms with van der Waals surface area (Å²) in [6, 6.07) is 0. The molecule has 1 heterocycles. The van der Waals surface area contributed by atoms with Crippen LogP contribution in [0, 0.1) is 0 Å². The fourth-order valence-electron chi connectivity index (χ4n) is 3.00. The Hall–Kier alpha value is 0.0569. The first-order valence-electron chi connectivity index (χ1n) is 8.03. The van der Waals surface area contributed by atoms with Crippen molar-refractivity contribution in [1.82, 2.24) is 0 Å². The molecular weight excluding hydrogens is 270 g/mol. The van der Waals surface area contributed by atoms with Gasteiger partial charge in [0.15, 0.2) is 0 Å². The molecule has 1 aliphatic heterocycles. The molecule has 0 aliphatic carbocycles. The first-order chi connectivity index (χ1) is 9.16. The van der Waals surface area contributed by atoms with Gasteiger partial charge in [0.2, 0.25) is 0 Å². The van der Waals surface area contributed by atoms with Crippen LogP contribution in [0.5, 0.6) is 0 Å². The Morgan fingerprint density at radius 1 is 0.800 bits per heavy atom. The molecule has 5 heteroatoms. The van der Waals surface area contributed by atoms with E-state index in [-0.39, 0.29) is 18.3 Å². The van der Waals surface area contributed by atoms with Gasteiger partial charge in [0, 0.05) is 31.2 Å². The van der Waals surface area contributed by atoms with Crippen molar-refractivity contribution in [3.05, 3.63) is 0 Å². The number of hydrogen-bond acceptors (Lipinski definition) is 3. The average Bonchev–Trinajstić information content (AvgIpc) is 2.59. The van der Waals surface area contributed by atoms with E-state index in [1.165, 1.54) is 25.9 Å². The Balaban J connectivity index is 2.93. The lowest BCUT2D eigenvalue weighted by atomic mass is 10.4. The second kappa shape index (κ2) is 7.36. The monoisotopic (exact) mass is 304 g/mol. The smallest absolute Gasteiger partial charge is 0.368 e. The van der Waals surface area contributed by atoms with Gasteiger partial charge in [-0.2, -0.15) is 0 Å². The van der Waals surface area contributed by atoms with E-state index in [0.717, 1.165) is 10.7 Å². The van der Waals surface area contributed by atoms with E-state index < -0.39 is 8.80 Å². The molecule has 0 spiro atoms. The minimum Gasteiger partial charge on any atom is -0.368 e. The number of likely N-dealkylation sites (tertiary alicyclic amines) is 1. The second-order valence-electron chi connectivity index (χ2n) is 7.11. The molecule has 0 N–H and O–H groups in total. The quantitative estimate of drug-likeness (QED) is 0.510. The van der Waals surface area contributed by atoms with Crippen molar-refractivity contribution in [1.29, 1.82) is 0 Å². The average molecular weight is 305 g/mol. The molecule has 20 heavy (non-hydrogen) atoms. The van der Waals surface area contributed by atoms with Crippen molar-refractivity contribution < 1.29 is 17.8 Å². The molecule has 0 bridgehead atoms. The first kappa shape index (κ1) is 18.1. The number of quaternary nitrogens is 1. The zero-order valence-corrected chi connectivity index (χ0v) is 15.4. The van der Waals surface area contributed by atoms with Gasteiger partial charge in [0.05, 0.1) is 20.1 Å². The molecule has 0 unspecified atom stereocenters. The predicted octanol–water partition coefficient (Wildman–Crippen LogP) is 2.98. The normalized spacial score (nSPS) is 19.5. The maximum Gasteiger partial charge on any atom is 0.559 e. The molecule has 1 saturated heterocycles. The van der Waals surface area contributed by atoms with E-state index >= 15 is 0 Å². The summed E-state index contributed by atoms with van der Waals surface area (Å²) in [5.41, 5.74) is 0. The van der Waals surface area contributed by atoms with Gasteiger partial charge in [0.1, 0.15) is 6.17 Å². The minimum absolute atomic E-state index is 0.133. The van der Waals surface area contributed by atoms with E-state index in [0.29, 0.717) is 0 Å². The van der Waals surface area contributed by atoms with Gasteiger partial charge >= 0.3 is 8.80 Å². The summed E-state index contributed by atoms with van der Waals surface area (Å²) < 4.78 is 19.8. The van der Waals surface area contributed by atoms with Crippen molar-refractivity contribution >= 4 is 8.80 Å². The minimum atomic E-state index is -2.65. The summed E-state index contributed by atoms with van der Waals surface area (Å²) in [6.07, 6.45) is 3.88. The number of nitrogens with zero attached hydrogens (tertiary/aromatic N) is 1. The Labute approximate surface area is 126 Å². The molecule has 120 valence electrons. The van der Waals surface area contributed by atoms with Crippen LogP contribution < -0.4 is 0 Å². The lowest BCUT2D eigenvalue weighted by Gasteiger charge is -2.40. The van der Waals surface area contributed by atoms with Gasteiger partial charge in [-0.1, -0.05) is 0 Å². The second-order valence-corrected chi connectivity index (χ2v) is 9.50. The Kier molecular flexibility index (Phi) is 6.66. The first-order valence-corrected chi connectivity index (χ1v) is 9.96. The molecule has 0 aromatic rings. The third-order valence-electron chi connectivity index (χ3n) is 3.47. The van der Waals surface area contributed by atoms with E-state index in [1.54, 1.807) is 0 Å². The highest BCUT2D eigenvalue weighted by atomic mass is 28.4. The Morgan fingerprint density at radius 2 is 1.15 bits per heavy atom. The van der Waals surface area contributed by atoms with Crippen LogP contribution in [0.4, 0.5) is 0 Å². The SMILES string of the molecule is CC(C)O[Si](C[N+]1(C)CCCC1)(OC(C)C)OC(C)C. The van der Waals surface area contributed by atoms with E-state index in [4.69, 9.17) is 13.3 Å². The molecule has 0 saturated carbocycles. The van der Waals surface area contributed by atoms with Crippen LogP contribution in [0.3, 0.4) is 0 Å². The predicted molar refractivity (Wildman–Crippen MR) is 84.4 cm³/mol. The van der Waals surface area contributed by atoms with Crippen molar-refractivity contribution in [3.8, 4) is 0 Å². The van der Waals surface area contributed by atoms with Gasteiger partial charge in [-0.15, -0.1) is 0 Å². The van der Waals surface area contributed by atoms with Crippen LogP contribution in [0.1, 0.15) is 54.4 Å². The summed E-state index contributed by atoms with van der Waals surface area (Å²) >= 11 is 0. The fraction of sp³-hybridized carbons (Fsp3) is 1.00. The summed E-state index contributed by atoms with van der Waals surface area (Å²) in [6.45, 7) is 14.8. The highest BCUT2D eigenvalue weighted by Crippen LogP contribution is 2.25. The van der Waals surface area contributed by atoms with Crippen LogP contribution in [0.2, 0.25) is 0 Å². The van der Waals surface area contributed by atoms with E-state index in [1.807, 2.05) is 0 Å². The molecule has 4 nitrogen and oxygen atoms in total. The van der Waals surface area contributed by atoms with E-state index in [2.05, 4.69) is 48.6 Å². The summed E-state index contributed by atoms with van der Waals surface area (Å²) in [7, 11) is -0.339. The van der Waals surface area contributed by atoms with Gasteiger partial charge < -0.3 is 17.8 Å². The van der Waals surface area contributed by atoms with Crippen LogP contribution in [0.15, 0.2) is 0 Å².